The van der Waals surface area contributed by atoms with E-state index < -0.39 is 0 Å². The van der Waals surface area contributed by atoms with Gasteiger partial charge in [-0.2, -0.15) is 0 Å². The molecule has 0 aliphatic carbocycles. The second-order valence-electron chi connectivity index (χ2n) is 28.5. The smallest absolute Gasteiger partial charge is 0.252 e. The van der Waals surface area contributed by atoms with Crippen molar-refractivity contribution in [1.29, 1.82) is 0 Å². The van der Waals surface area contributed by atoms with Gasteiger partial charge in [0.1, 0.15) is 0 Å². The number of hydrogen-bond acceptors (Lipinski definition) is 2. The van der Waals surface area contributed by atoms with Crippen molar-refractivity contribution < 1.29 is 0 Å². The normalized spacial score (nSPS) is 14.0. The van der Waals surface area contributed by atoms with Crippen LogP contribution in [-0.4, -0.2) is 25.8 Å². The molecule has 75 heavy (non-hydrogen) atoms. The number of fused-ring (bicyclic) bond motifs is 10. The van der Waals surface area contributed by atoms with Gasteiger partial charge in [-0.25, -0.2) is 9.97 Å². The van der Waals surface area contributed by atoms with Crippen molar-refractivity contribution in [3.05, 3.63) is 161 Å². The van der Waals surface area contributed by atoms with E-state index in [4.69, 9.17) is 9.97 Å². The molecule has 12 rings (SSSR count). The summed E-state index contributed by atoms with van der Waals surface area (Å²) < 4.78 is 5.25. The molecular formula is C70H75BN4. The SMILES string of the molecule is CC(C)(C)c1cc(-c2ccc3c4c2c2cc(C(C)(C)C)ccc2n4-c2cc(-c4ncccn4)cc4c2B3c2ccc(-c3cc(C(C)(C)C)cc(C(C)(C)C)c3)c3c5cc(C(C)(C)C)ccc5n-4c23)cc(C(C)(C)C)c1. The Bertz CT molecular complexity index is 3740. The Hall–Kier alpha value is -6.72. The van der Waals surface area contributed by atoms with Crippen molar-refractivity contribution in [3.8, 4) is 45.0 Å². The quantitative estimate of drug-likeness (QED) is 0.165. The lowest BCUT2D eigenvalue weighted by Crippen LogP contribution is -2.59. The summed E-state index contributed by atoms with van der Waals surface area (Å²) in [5.41, 5.74) is 25.3. The highest BCUT2D eigenvalue weighted by atomic mass is 15.0. The lowest BCUT2D eigenvalue weighted by Gasteiger charge is -2.34. The Morgan fingerprint density at radius 2 is 0.720 bits per heavy atom. The van der Waals surface area contributed by atoms with Crippen LogP contribution in [-0.2, 0) is 32.5 Å². The van der Waals surface area contributed by atoms with E-state index in [1.807, 2.05) is 18.5 Å². The number of aromatic nitrogens is 4. The number of hydrogen-bond donors (Lipinski definition) is 0. The molecule has 0 unspecified atom stereocenters. The maximum Gasteiger partial charge on any atom is 0.252 e. The van der Waals surface area contributed by atoms with Gasteiger partial charge in [-0.05, 0) is 147 Å². The van der Waals surface area contributed by atoms with Gasteiger partial charge >= 0.3 is 0 Å². The Kier molecular flexibility index (Phi) is 10.4. The van der Waals surface area contributed by atoms with Gasteiger partial charge in [0.2, 0.25) is 0 Å². The van der Waals surface area contributed by atoms with Gasteiger partial charge in [0.05, 0.1) is 11.0 Å². The average Bonchev–Trinajstić information content (AvgIpc) is 3.86. The predicted octanol–water partition coefficient (Wildman–Crippen LogP) is 16.6. The molecule has 10 aromatic rings. The van der Waals surface area contributed by atoms with Crippen LogP contribution in [0.2, 0.25) is 0 Å². The highest BCUT2D eigenvalue weighted by Crippen LogP contribution is 2.48. The predicted molar refractivity (Wildman–Crippen MR) is 324 cm³/mol. The highest BCUT2D eigenvalue weighted by molar-refractivity contribution is 7.00. The molecule has 0 saturated carbocycles. The van der Waals surface area contributed by atoms with E-state index in [9.17, 15) is 0 Å². The third-order valence-corrected chi connectivity index (χ3v) is 16.9. The molecule has 5 heterocycles. The molecule has 2 aliphatic heterocycles. The zero-order valence-corrected chi connectivity index (χ0v) is 48.0. The topological polar surface area (TPSA) is 35.6 Å². The van der Waals surface area contributed by atoms with Gasteiger partial charge in [-0.1, -0.05) is 197 Å². The molecule has 0 saturated heterocycles. The van der Waals surface area contributed by atoms with Crippen LogP contribution in [0.5, 0.6) is 0 Å². The number of nitrogens with zero attached hydrogens (tertiary/aromatic N) is 4. The molecule has 0 N–H and O–H groups in total. The number of benzene rings is 7. The number of rotatable bonds is 3. The molecule has 0 bridgehead atoms. The third-order valence-electron chi connectivity index (χ3n) is 16.9. The fraction of sp³-hybridized carbons (Fsp3) is 0.343. The molecule has 0 fully saturated rings. The van der Waals surface area contributed by atoms with E-state index in [0.717, 1.165) is 11.4 Å². The summed E-state index contributed by atoms with van der Waals surface area (Å²) in [6, 6.07) is 46.1. The van der Waals surface area contributed by atoms with Gasteiger partial charge in [0.25, 0.3) is 6.71 Å². The fourth-order valence-corrected chi connectivity index (χ4v) is 12.4. The maximum atomic E-state index is 4.96. The van der Waals surface area contributed by atoms with Gasteiger partial charge in [-0.3, -0.25) is 0 Å². The Morgan fingerprint density at radius 1 is 0.360 bits per heavy atom. The van der Waals surface area contributed by atoms with Crippen LogP contribution in [0.4, 0.5) is 0 Å². The summed E-state index contributed by atoms with van der Waals surface area (Å²) in [4.78, 5) is 9.93. The van der Waals surface area contributed by atoms with E-state index in [0.29, 0.717) is 0 Å². The van der Waals surface area contributed by atoms with E-state index in [-0.39, 0.29) is 39.2 Å². The van der Waals surface area contributed by atoms with Gasteiger partial charge < -0.3 is 9.13 Å². The minimum atomic E-state index is -0.0521. The van der Waals surface area contributed by atoms with Crippen molar-refractivity contribution in [2.24, 2.45) is 0 Å². The molecule has 2 aliphatic rings. The second kappa shape index (κ2) is 15.9. The van der Waals surface area contributed by atoms with Gasteiger partial charge in [0.15, 0.2) is 5.82 Å². The van der Waals surface area contributed by atoms with Crippen molar-refractivity contribution in [3.63, 3.8) is 0 Å². The highest BCUT2D eigenvalue weighted by Gasteiger charge is 2.43. The zero-order chi connectivity index (χ0) is 53.4. The van der Waals surface area contributed by atoms with Crippen molar-refractivity contribution >= 4 is 66.7 Å². The van der Waals surface area contributed by atoms with E-state index in [2.05, 4.69) is 243 Å². The van der Waals surface area contributed by atoms with Crippen LogP contribution in [0.1, 0.15) is 158 Å². The van der Waals surface area contributed by atoms with Crippen molar-refractivity contribution in [2.75, 3.05) is 0 Å². The molecule has 5 heteroatoms. The lowest BCUT2D eigenvalue weighted by molar-refractivity contribution is 0.568. The summed E-state index contributed by atoms with van der Waals surface area (Å²) >= 11 is 0. The molecule has 4 nitrogen and oxygen atoms in total. The first-order valence-corrected chi connectivity index (χ1v) is 27.5. The van der Waals surface area contributed by atoms with E-state index in [1.165, 1.54) is 127 Å². The average molecular weight is 983 g/mol. The summed E-state index contributed by atoms with van der Waals surface area (Å²) in [6.07, 6.45) is 3.76. The van der Waals surface area contributed by atoms with Crippen LogP contribution >= 0.6 is 0 Å². The van der Waals surface area contributed by atoms with Crippen LogP contribution in [0, 0.1) is 0 Å². The van der Waals surface area contributed by atoms with Crippen LogP contribution < -0.4 is 16.4 Å². The minimum absolute atomic E-state index is 0.0345. The molecule has 378 valence electrons. The zero-order valence-electron chi connectivity index (χ0n) is 48.0. The monoisotopic (exact) mass is 983 g/mol. The largest absolute Gasteiger partial charge is 0.310 e. The van der Waals surface area contributed by atoms with Gasteiger partial charge in [0, 0.05) is 61.9 Å². The molecule has 7 aromatic carbocycles. The molecule has 0 atom stereocenters. The summed E-state index contributed by atoms with van der Waals surface area (Å²) in [6.45, 7) is 42.2. The maximum absolute atomic E-state index is 4.96. The molecule has 0 amide bonds. The van der Waals surface area contributed by atoms with E-state index >= 15 is 0 Å². The fourth-order valence-electron chi connectivity index (χ4n) is 12.4. The summed E-state index contributed by atoms with van der Waals surface area (Å²) in [7, 11) is 0. The first kappa shape index (κ1) is 49.2. The Labute approximate surface area is 446 Å². The second-order valence-corrected chi connectivity index (χ2v) is 28.5. The molecule has 0 radical (unpaired) electrons. The van der Waals surface area contributed by atoms with Gasteiger partial charge in [-0.15, -0.1) is 0 Å². The standard InChI is InChI=1S/C70H75BN4/c1-65(2,3)43-20-26-55-51(38-43)59-49(40-30-45(67(7,8)9)36-46(31-40)68(10,11)12)22-24-53-62(59)74(55)57-34-42(64-72-28-19-29-73-64)35-58-61(57)71(53)54-25-23-50(41-32-47(69(13,14)15)37-48(33-41)70(16,17)18)60-52-39-44(66(4,5)6)21-27-56(52)75(58)63(54)60/h19-39H,1-18H3. The van der Waals surface area contributed by atoms with E-state index in [1.54, 1.807) is 0 Å². The lowest BCUT2D eigenvalue weighted by atomic mass is 9.34. The minimum Gasteiger partial charge on any atom is -0.310 e. The Balaban J connectivity index is 1.27. The van der Waals surface area contributed by atoms with Crippen LogP contribution in [0.15, 0.2) is 128 Å². The molecular weight excluding hydrogens is 908 g/mol. The molecule has 3 aromatic heterocycles. The van der Waals surface area contributed by atoms with Crippen molar-refractivity contribution in [1.82, 2.24) is 19.1 Å². The summed E-state index contributed by atoms with van der Waals surface area (Å²) in [5.74, 6) is 0.722. The van der Waals surface area contributed by atoms with Crippen molar-refractivity contribution in [2.45, 2.75) is 157 Å². The third kappa shape index (κ3) is 7.68. The first-order chi connectivity index (χ1) is 35.0. The Morgan fingerprint density at radius 3 is 1.07 bits per heavy atom. The van der Waals surface area contributed by atoms with Crippen LogP contribution in [0.3, 0.4) is 0 Å². The first-order valence-electron chi connectivity index (χ1n) is 27.5. The summed E-state index contributed by atoms with van der Waals surface area (Å²) in [5, 5.41) is 5.21. The molecule has 0 spiro atoms. The van der Waals surface area contributed by atoms with Crippen LogP contribution in [0.25, 0.3) is 88.6 Å².